The zero-order chi connectivity index (χ0) is 15.8. The average Bonchev–Trinajstić information content (AvgIpc) is 3.02. The number of rotatable bonds is 9. The third-order valence-electron chi connectivity index (χ3n) is 3.59. The predicted molar refractivity (Wildman–Crippen MR) is 97.1 cm³/mol. The van der Waals surface area contributed by atoms with Gasteiger partial charge in [-0.25, -0.2) is 4.98 Å². The predicted octanol–water partition coefficient (Wildman–Crippen LogP) is 6.32. The number of nitrogens with zero attached hydrogens (tertiary/aromatic N) is 2. The lowest BCUT2D eigenvalue weighted by Crippen LogP contribution is -2.08. The molecule has 1 heterocycles. The van der Waals surface area contributed by atoms with Gasteiger partial charge in [-0.15, -0.1) is 11.8 Å². The summed E-state index contributed by atoms with van der Waals surface area (Å²) in [6.07, 6.45) is 11.9. The van der Waals surface area contributed by atoms with E-state index in [1.807, 2.05) is 42.6 Å². The summed E-state index contributed by atoms with van der Waals surface area (Å²) in [5.41, 5.74) is 0. The molecule has 0 bridgehead atoms. The molecule has 0 radical (unpaired) electrons. The van der Waals surface area contributed by atoms with Gasteiger partial charge in [0.1, 0.15) is 0 Å². The van der Waals surface area contributed by atoms with E-state index in [2.05, 4.69) is 22.5 Å². The number of aromatic nitrogens is 2. The molecule has 1 aromatic carbocycles. The highest BCUT2D eigenvalue weighted by molar-refractivity contribution is 8.00. The molecule has 22 heavy (non-hydrogen) atoms. The van der Waals surface area contributed by atoms with Crippen LogP contribution >= 0.6 is 35.0 Å². The topological polar surface area (TPSA) is 17.8 Å². The molecule has 0 aliphatic carbocycles. The number of thioether (sulfide) groups is 1. The second-order valence-corrected chi connectivity index (χ2v) is 7.59. The molecule has 1 aromatic heterocycles. The van der Waals surface area contributed by atoms with Gasteiger partial charge in [0.25, 0.3) is 0 Å². The molecule has 0 fully saturated rings. The lowest BCUT2D eigenvalue weighted by Gasteiger charge is -2.17. The molecule has 0 spiro atoms. The zero-order valence-corrected chi connectivity index (χ0v) is 15.2. The van der Waals surface area contributed by atoms with Crippen LogP contribution in [0.15, 0.2) is 41.8 Å². The molecule has 0 aliphatic heterocycles. The Kier molecular flexibility index (Phi) is 7.64. The molecule has 1 unspecified atom stereocenters. The van der Waals surface area contributed by atoms with E-state index in [0.29, 0.717) is 15.3 Å². The Bertz CT molecular complexity index is 558. The summed E-state index contributed by atoms with van der Waals surface area (Å²) in [7, 11) is 0. The van der Waals surface area contributed by atoms with Crippen molar-refractivity contribution in [3.05, 3.63) is 47.0 Å². The Morgan fingerprint density at radius 1 is 1.18 bits per heavy atom. The van der Waals surface area contributed by atoms with Crippen molar-refractivity contribution in [2.75, 3.05) is 0 Å². The molecule has 0 amide bonds. The third kappa shape index (κ3) is 5.86. The Balaban J connectivity index is 1.94. The summed E-state index contributed by atoms with van der Waals surface area (Å²) < 4.78 is 2.14. The van der Waals surface area contributed by atoms with Crippen LogP contribution in [-0.2, 0) is 6.54 Å². The van der Waals surface area contributed by atoms with Crippen LogP contribution in [0, 0.1) is 0 Å². The smallest absolute Gasteiger partial charge is 0.0945 e. The van der Waals surface area contributed by atoms with E-state index < -0.39 is 0 Å². The first-order chi connectivity index (χ1) is 10.7. The van der Waals surface area contributed by atoms with E-state index >= 15 is 0 Å². The van der Waals surface area contributed by atoms with Gasteiger partial charge >= 0.3 is 0 Å². The minimum absolute atomic E-state index is 0.589. The van der Waals surface area contributed by atoms with E-state index in [-0.39, 0.29) is 0 Å². The second kappa shape index (κ2) is 9.49. The SMILES string of the molecule is CCCCCC(CCn1ccnc1)Sc1ccc(Cl)c(Cl)c1. The zero-order valence-electron chi connectivity index (χ0n) is 12.8. The summed E-state index contributed by atoms with van der Waals surface area (Å²) in [6.45, 7) is 3.25. The fraction of sp³-hybridized carbons (Fsp3) is 0.471. The molecule has 0 N–H and O–H groups in total. The van der Waals surface area contributed by atoms with Gasteiger partial charge in [0.05, 0.1) is 16.4 Å². The summed E-state index contributed by atoms with van der Waals surface area (Å²) in [5.74, 6) is 0. The molecular formula is C17H22Cl2N2S. The lowest BCUT2D eigenvalue weighted by atomic mass is 10.1. The maximum absolute atomic E-state index is 6.12. The molecule has 0 saturated heterocycles. The molecule has 0 aliphatic rings. The molecule has 2 aromatic rings. The van der Waals surface area contributed by atoms with Crippen LogP contribution in [0.5, 0.6) is 0 Å². The normalized spacial score (nSPS) is 12.5. The number of aryl methyl sites for hydroxylation is 1. The molecule has 1 atom stereocenters. The van der Waals surface area contributed by atoms with Crippen molar-refractivity contribution in [2.45, 2.75) is 55.7 Å². The van der Waals surface area contributed by atoms with Crippen molar-refractivity contribution < 1.29 is 0 Å². The van der Waals surface area contributed by atoms with Crippen LogP contribution in [0.2, 0.25) is 10.0 Å². The minimum atomic E-state index is 0.589. The van der Waals surface area contributed by atoms with Crippen LogP contribution < -0.4 is 0 Å². The summed E-state index contributed by atoms with van der Waals surface area (Å²) in [5, 5.41) is 1.84. The van der Waals surface area contributed by atoms with Crippen molar-refractivity contribution in [3.63, 3.8) is 0 Å². The van der Waals surface area contributed by atoms with Gasteiger partial charge in [0.15, 0.2) is 0 Å². The number of imidazole rings is 1. The summed E-state index contributed by atoms with van der Waals surface area (Å²) in [6, 6.07) is 5.91. The van der Waals surface area contributed by atoms with Gasteiger partial charge in [-0.1, -0.05) is 49.4 Å². The van der Waals surface area contributed by atoms with Crippen molar-refractivity contribution in [1.82, 2.24) is 9.55 Å². The van der Waals surface area contributed by atoms with E-state index in [4.69, 9.17) is 23.2 Å². The van der Waals surface area contributed by atoms with Gasteiger partial charge < -0.3 is 4.57 Å². The van der Waals surface area contributed by atoms with Gasteiger partial charge in [0, 0.05) is 29.1 Å². The molecule has 2 nitrogen and oxygen atoms in total. The van der Waals surface area contributed by atoms with Crippen LogP contribution in [0.3, 0.4) is 0 Å². The van der Waals surface area contributed by atoms with Crippen LogP contribution in [-0.4, -0.2) is 14.8 Å². The number of hydrogen-bond acceptors (Lipinski definition) is 2. The Morgan fingerprint density at radius 3 is 2.73 bits per heavy atom. The first kappa shape index (κ1) is 17.7. The van der Waals surface area contributed by atoms with Crippen molar-refractivity contribution in [1.29, 1.82) is 0 Å². The van der Waals surface area contributed by atoms with E-state index in [0.717, 1.165) is 13.0 Å². The highest BCUT2D eigenvalue weighted by atomic mass is 35.5. The van der Waals surface area contributed by atoms with E-state index in [1.165, 1.54) is 30.6 Å². The maximum Gasteiger partial charge on any atom is 0.0945 e. The fourth-order valence-electron chi connectivity index (χ4n) is 2.34. The second-order valence-electron chi connectivity index (χ2n) is 5.40. The van der Waals surface area contributed by atoms with Crippen LogP contribution in [0.25, 0.3) is 0 Å². The van der Waals surface area contributed by atoms with Crippen molar-refractivity contribution in [3.8, 4) is 0 Å². The Morgan fingerprint density at radius 2 is 2.05 bits per heavy atom. The molecule has 2 rings (SSSR count). The van der Waals surface area contributed by atoms with Gasteiger partial charge in [-0.2, -0.15) is 0 Å². The van der Waals surface area contributed by atoms with Crippen LogP contribution in [0.4, 0.5) is 0 Å². The monoisotopic (exact) mass is 356 g/mol. The van der Waals surface area contributed by atoms with Gasteiger partial charge in [-0.05, 0) is 31.0 Å². The quantitative estimate of drug-likeness (QED) is 0.386. The van der Waals surface area contributed by atoms with E-state index in [1.54, 1.807) is 0 Å². The highest BCUT2D eigenvalue weighted by Crippen LogP contribution is 2.33. The van der Waals surface area contributed by atoms with Gasteiger partial charge in [0.2, 0.25) is 0 Å². The largest absolute Gasteiger partial charge is 0.337 e. The third-order valence-corrected chi connectivity index (χ3v) is 5.66. The molecular weight excluding hydrogens is 335 g/mol. The molecule has 120 valence electrons. The summed E-state index contributed by atoms with van der Waals surface area (Å²) >= 11 is 14.0. The van der Waals surface area contributed by atoms with Crippen LogP contribution in [0.1, 0.15) is 39.0 Å². The average molecular weight is 357 g/mol. The molecule has 0 saturated carbocycles. The van der Waals surface area contributed by atoms with Gasteiger partial charge in [-0.3, -0.25) is 0 Å². The minimum Gasteiger partial charge on any atom is -0.337 e. The number of halogens is 2. The highest BCUT2D eigenvalue weighted by Gasteiger charge is 2.12. The standard InChI is InChI=1S/C17H22Cl2N2S/c1-2-3-4-5-14(8-10-21-11-9-20-13-21)22-15-6-7-16(18)17(19)12-15/h6-7,9,11-14H,2-5,8,10H2,1H3. The Hall–Kier alpha value is -0.640. The number of unbranched alkanes of at least 4 members (excludes halogenated alkanes) is 2. The lowest BCUT2D eigenvalue weighted by molar-refractivity contribution is 0.569. The maximum atomic E-state index is 6.12. The van der Waals surface area contributed by atoms with Crippen molar-refractivity contribution >= 4 is 35.0 Å². The molecule has 5 heteroatoms. The number of hydrogen-bond donors (Lipinski definition) is 0. The summed E-state index contributed by atoms with van der Waals surface area (Å²) in [4.78, 5) is 5.30. The first-order valence-electron chi connectivity index (χ1n) is 7.76. The van der Waals surface area contributed by atoms with Crippen molar-refractivity contribution in [2.24, 2.45) is 0 Å². The van der Waals surface area contributed by atoms with E-state index in [9.17, 15) is 0 Å². The Labute approximate surface area is 147 Å². The number of benzene rings is 1. The fourth-order valence-corrected chi connectivity index (χ4v) is 3.93. The first-order valence-corrected chi connectivity index (χ1v) is 9.40.